The number of carboxylic acids is 1. The second-order valence-electron chi connectivity index (χ2n) is 7.95. The van der Waals surface area contributed by atoms with Gasteiger partial charge in [-0.05, 0) is 53.3 Å². The van der Waals surface area contributed by atoms with Crippen LogP contribution in [0.3, 0.4) is 0 Å². The standard InChI is InChI=1S/C21H21N3O4/c1-21(2)10-14-8-13(19(26)27)6-7-16(14)22-18(21)12-4-3-5-15(9-12)24-11-17(25)23-20(24)28/h3-9,18,22H,10-11H2,1-2H3,(H,26,27)(H,23,25,28). The number of amides is 3. The normalized spacial score (nSPS) is 20.4. The highest BCUT2D eigenvalue weighted by Crippen LogP contribution is 2.45. The summed E-state index contributed by atoms with van der Waals surface area (Å²) >= 11 is 0. The molecule has 2 heterocycles. The van der Waals surface area contributed by atoms with Crippen molar-refractivity contribution in [2.24, 2.45) is 5.41 Å². The number of carbonyl (C=O) groups excluding carboxylic acids is 2. The van der Waals surface area contributed by atoms with Crippen LogP contribution in [0.15, 0.2) is 42.5 Å². The Morgan fingerprint density at radius 3 is 2.64 bits per heavy atom. The van der Waals surface area contributed by atoms with Crippen molar-refractivity contribution in [3.05, 3.63) is 59.2 Å². The molecular weight excluding hydrogens is 358 g/mol. The van der Waals surface area contributed by atoms with Gasteiger partial charge < -0.3 is 10.4 Å². The number of carboxylic acid groups (broad SMARTS) is 1. The van der Waals surface area contributed by atoms with Crippen molar-refractivity contribution >= 4 is 29.3 Å². The minimum Gasteiger partial charge on any atom is -0.478 e. The molecule has 1 saturated heterocycles. The minimum atomic E-state index is -0.936. The van der Waals surface area contributed by atoms with E-state index in [9.17, 15) is 19.5 Å². The van der Waals surface area contributed by atoms with Crippen LogP contribution in [0.2, 0.25) is 0 Å². The molecule has 1 fully saturated rings. The third-order valence-corrected chi connectivity index (χ3v) is 5.39. The smallest absolute Gasteiger partial charge is 0.335 e. The first-order valence-corrected chi connectivity index (χ1v) is 9.09. The summed E-state index contributed by atoms with van der Waals surface area (Å²) in [5, 5.41) is 15.1. The molecule has 1 atom stereocenters. The predicted octanol–water partition coefficient (Wildman–Crippen LogP) is 3.18. The predicted molar refractivity (Wildman–Crippen MR) is 105 cm³/mol. The van der Waals surface area contributed by atoms with Gasteiger partial charge >= 0.3 is 12.0 Å². The Bertz CT molecular complexity index is 999. The molecule has 28 heavy (non-hydrogen) atoms. The summed E-state index contributed by atoms with van der Waals surface area (Å²) in [7, 11) is 0. The molecule has 3 amide bonds. The summed E-state index contributed by atoms with van der Waals surface area (Å²) in [6, 6.07) is 12.3. The summed E-state index contributed by atoms with van der Waals surface area (Å²) in [6.45, 7) is 4.27. The van der Waals surface area contributed by atoms with E-state index in [1.807, 2.05) is 24.3 Å². The molecule has 4 rings (SSSR count). The molecule has 2 aromatic carbocycles. The van der Waals surface area contributed by atoms with Gasteiger partial charge in [0.05, 0.1) is 11.6 Å². The van der Waals surface area contributed by atoms with E-state index in [2.05, 4.69) is 24.5 Å². The molecule has 0 bridgehead atoms. The van der Waals surface area contributed by atoms with Gasteiger partial charge in [-0.2, -0.15) is 0 Å². The van der Waals surface area contributed by atoms with Crippen LogP contribution in [0.25, 0.3) is 0 Å². The van der Waals surface area contributed by atoms with Gasteiger partial charge in [-0.1, -0.05) is 26.0 Å². The van der Waals surface area contributed by atoms with Crippen LogP contribution in [0.5, 0.6) is 0 Å². The molecule has 0 aliphatic carbocycles. The molecule has 3 N–H and O–H groups in total. The Morgan fingerprint density at radius 1 is 1.18 bits per heavy atom. The number of nitrogens with zero attached hydrogens (tertiary/aromatic N) is 1. The van der Waals surface area contributed by atoms with Gasteiger partial charge in [0, 0.05) is 11.4 Å². The first-order chi connectivity index (χ1) is 13.2. The molecule has 0 spiro atoms. The lowest BCUT2D eigenvalue weighted by atomic mass is 9.72. The lowest BCUT2D eigenvalue weighted by Gasteiger charge is -2.41. The van der Waals surface area contributed by atoms with Gasteiger partial charge in [0.15, 0.2) is 0 Å². The minimum absolute atomic E-state index is 0.0184. The van der Waals surface area contributed by atoms with Crippen molar-refractivity contribution in [3.8, 4) is 0 Å². The van der Waals surface area contributed by atoms with Gasteiger partial charge in [-0.25, -0.2) is 9.59 Å². The summed E-state index contributed by atoms with van der Waals surface area (Å²) in [6.07, 6.45) is 0.716. The second kappa shape index (κ2) is 6.37. The quantitative estimate of drug-likeness (QED) is 0.712. The Balaban J connectivity index is 1.68. The Labute approximate surface area is 162 Å². The fourth-order valence-corrected chi connectivity index (χ4v) is 4.01. The summed E-state index contributed by atoms with van der Waals surface area (Å²) in [5.74, 6) is -1.25. The Morgan fingerprint density at radius 2 is 1.96 bits per heavy atom. The van der Waals surface area contributed by atoms with Crippen molar-refractivity contribution in [2.45, 2.75) is 26.3 Å². The molecule has 0 radical (unpaired) electrons. The van der Waals surface area contributed by atoms with Gasteiger partial charge in [0.2, 0.25) is 5.91 Å². The van der Waals surface area contributed by atoms with Crippen molar-refractivity contribution in [1.82, 2.24) is 5.32 Å². The first kappa shape index (κ1) is 18.0. The topological polar surface area (TPSA) is 98.7 Å². The van der Waals surface area contributed by atoms with E-state index in [0.29, 0.717) is 12.1 Å². The SMILES string of the molecule is CC1(C)Cc2cc(C(=O)O)ccc2NC1c1cccc(N2CC(=O)NC2=O)c1. The van der Waals surface area contributed by atoms with Gasteiger partial charge in [-0.15, -0.1) is 0 Å². The molecule has 2 aliphatic rings. The zero-order valence-electron chi connectivity index (χ0n) is 15.7. The number of imide groups is 1. The monoisotopic (exact) mass is 379 g/mol. The molecule has 7 nitrogen and oxygen atoms in total. The van der Waals surface area contributed by atoms with E-state index in [0.717, 1.165) is 16.8 Å². The highest BCUT2D eigenvalue weighted by Gasteiger charge is 2.37. The van der Waals surface area contributed by atoms with Crippen LogP contribution >= 0.6 is 0 Å². The number of urea groups is 1. The summed E-state index contributed by atoms with van der Waals surface area (Å²) in [4.78, 5) is 36.2. The maximum atomic E-state index is 12.0. The van der Waals surface area contributed by atoms with E-state index < -0.39 is 12.0 Å². The van der Waals surface area contributed by atoms with Crippen LogP contribution < -0.4 is 15.5 Å². The third-order valence-electron chi connectivity index (χ3n) is 5.39. The molecule has 144 valence electrons. The third kappa shape index (κ3) is 3.09. The van der Waals surface area contributed by atoms with E-state index in [1.165, 1.54) is 4.90 Å². The zero-order chi connectivity index (χ0) is 20.1. The Kier molecular flexibility index (Phi) is 4.10. The molecule has 1 unspecified atom stereocenters. The zero-order valence-corrected chi connectivity index (χ0v) is 15.7. The fraction of sp³-hybridized carbons (Fsp3) is 0.286. The number of fused-ring (bicyclic) bond motifs is 1. The lowest BCUT2D eigenvalue weighted by Crippen LogP contribution is -2.35. The molecule has 0 aromatic heterocycles. The summed E-state index contributed by atoms with van der Waals surface area (Å²) < 4.78 is 0. The van der Waals surface area contributed by atoms with Crippen LogP contribution in [0, 0.1) is 5.41 Å². The Hall–Kier alpha value is -3.35. The largest absolute Gasteiger partial charge is 0.478 e. The van der Waals surface area contributed by atoms with Crippen LogP contribution in [-0.2, 0) is 11.2 Å². The highest BCUT2D eigenvalue weighted by molar-refractivity contribution is 6.12. The molecular formula is C21H21N3O4. The van der Waals surface area contributed by atoms with Crippen LogP contribution in [0.1, 0.15) is 41.4 Å². The molecule has 7 heteroatoms. The van der Waals surface area contributed by atoms with E-state index >= 15 is 0 Å². The summed E-state index contributed by atoms with van der Waals surface area (Å²) in [5.41, 5.74) is 3.65. The highest BCUT2D eigenvalue weighted by atomic mass is 16.4. The fourth-order valence-electron chi connectivity index (χ4n) is 4.01. The molecule has 2 aliphatic heterocycles. The number of carbonyl (C=O) groups is 3. The van der Waals surface area contributed by atoms with E-state index in [4.69, 9.17) is 0 Å². The second-order valence-corrected chi connectivity index (χ2v) is 7.95. The molecule has 0 saturated carbocycles. The molecule has 2 aromatic rings. The number of anilines is 2. The van der Waals surface area contributed by atoms with Gasteiger partial charge in [0.1, 0.15) is 6.54 Å². The van der Waals surface area contributed by atoms with Gasteiger partial charge in [-0.3, -0.25) is 15.0 Å². The number of hydrogen-bond acceptors (Lipinski definition) is 4. The number of benzene rings is 2. The number of rotatable bonds is 3. The van der Waals surface area contributed by atoms with E-state index in [-0.39, 0.29) is 29.5 Å². The lowest BCUT2D eigenvalue weighted by molar-refractivity contribution is -0.117. The van der Waals surface area contributed by atoms with Crippen molar-refractivity contribution in [1.29, 1.82) is 0 Å². The average molecular weight is 379 g/mol. The van der Waals surface area contributed by atoms with Crippen LogP contribution in [0.4, 0.5) is 16.2 Å². The number of nitrogens with one attached hydrogen (secondary N) is 2. The number of aromatic carboxylic acids is 1. The van der Waals surface area contributed by atoms with Crippen molar-refractivity contribution in [3.63, 3.8) is 0 Å². The van der Waals surface area contributed by atoms with Gasteiger partial charge in [0.25, 0.3) is 0 Å². The van der Waals surface area contributed by atoms with Crippen molar-refractivity contribution in [2.75, 3.05) is 16.8 Å². The maximum absolute atomic E-state index is 12.0. The number of hydrogen-bond donors (Lipinski definition) is 3. The van der Waals surface area contributed by atoms with Crippen molar-refractivity contribution < 1.29 is 19.5 Å². The van der Waals surface area contributed by atoms with Crippen LogP contribution in [-0.4, -0.2) is 29.6 Å². The maximum Gasteiger partial charge on any atom is 0.335 e. The van der Waals surface area contributed by atoms with E-state index in [1.54, 1.807) is 18.2 Å². The average Bonchev–Trinajstić information content (AvgIpc) is 2.98. The first-order valence-electron chi connectivity index (χ1n) is 9.09.